The lowest BCUT2D eigenvalue weighted by Gasteiger charge is -2.35. The summed E-state index contributed by atoms with van der Waals surface area (Å²) < 4.78 is 0. The molecule has 1 N–H and O–H groups in total. The van der Waals surface area contributed by atoms with Crippen molar-refractivity contribution in [3.05, 3.63) is 35.9 Å². The van der Waals surface area contributed by atoms with Crippen molar-refractivity contribution >= 4 is 17.5 Å². The van der Waals surface area contributed by atoms with Crippen molar-refractivity contribution in [1.29, 1.82) is 0 Å². The first-order valence-electron chi connectivity index (χ1n) is 8.27. The summed E-state index contributed by atoms with van der Waals surface area (Å²) >= 11 is 0. The average molecular weight is 312 g/mol. The number of hydrogen-bond donors (Lipinski definition) is 1. The van der Waals surface area contributed by atoms with Gasteiger partial charge in [0.1, 0.15) is 0 Å². The Balaban J connectivity index is 1.72. The van der Waals surface area contributed by atoms with E-state index >= 15 is 0 Å². The van der Waals surface area contributed by atoms with Gasteiger partial charge in [0.25, 0.3) is 0 Å². The number of urea groups is 1. The summed E-state index contributed by atoms with van der Waals surface area (Å²) in [6.45, 7) is 7.37. The third-order valence-electron chi connectivity index (χ3n) is 4.35. The molecule has 2 heterocycles. The molecule has 0 unspecified atom stereocenters. The SMILES string of the molecule is CC1=NC2(CCN(C(=O)NC(C)C)CC2)N=C1c1ccccc1. The van der Waals surface area contributed by atoms with E-state index in [0.717, 1.165) is 29.8 Å². The fraction of sp³-hybridized carbons (Fsp3) is 0.500. The van der Waals surface area contributed by atoms with Crippen LogP contribution in [0.15, 0.2) is 40.3 Å². The molecule has 5 nitrogen and oxygen atoms in total. The Labute approximate surface area is 137 Å². The van der Waals surface area contributed by atoms with Gasteiger partial charge in [-0.05, 0) is 20.8 Å². The number of carbonyl (C=O) groups excluding carboxylic acids is 1. The molecule has 0 aromatic heterocycles. The molecule has 0 bridgehead atoms. The van der Waals surface area contributed by atoms with Crippen LogP contribution in [0, 0.1) is 0 Å². The zero-order chi connectivity index (χ0) is 16.4. The molecule has 0 aliphatic carbocycles. The van der Waals surface area contributed by atoms with E-state index in [4.69, 9.17) is 9.98 Å². The lowest BCUT2D eigenvalue weighted by atomic mass is 9.98. The summed E-state index contributed by atoms with van der Waals surface area (Å²) in [7, 11) is 0. The molecule has 0 saturated carbocycles. The van der Waals surface area contributed by atoms with Crippen molar-refractivity contribution in [3.8, 4) is 0 Å². The highest BCUT2D eigenvalue weighted by molar-refractivity contribution is 6.48. The van der Waals surface area contributed by atoms with Crippen LogP contribution in [0.3, 0.4) is 0 Å². The molecule has 5 heteroatoms. The number of nitrogens with one attached hydrogen (secondary N) is 1. The van der Waals surface area contributed by atoms with Crippen molar-refractivity contribution in [3.63, 3.8) is 0 Å². The highest BCUT2D eigenvalue weighted by Crippen LogP contribution is 2.33. The van der Waals surface area contributed by atoms with Crippen LogP contribution in [0.25, 0.3) is 0 Å². The van der Waals surface area contributed by atoms with E-state index in [9.17, 15) is 4.79 Å². The van der Waals surface area contributed by atoms with Crippen LogP contribution in [0.5, 0.6) is 0 Å². The molecule has 2 aliphatic heterocycles. The third-order valence-corrected chi connectivity index (χ3v) is 4.35. The molecule has 2 amide bonds. The predicted molar refractivity (Wildman–Crippen MR) is 93.3 cm³/mol. The summed E-state index contributed by atoms with van der Waals surface area (Å²) in [5.41, 5.74) is 2.73. The normalized spacial score (nSPS) is 19.7. The van der Waals surface area contributed by atoms with E-state index in [0.29, 0.717) is 13.1 Å². The van der Waals surface area contributed by atoms with Crippen molar-refractivity contribution < 1.29 is 4.79 Å². The second-order valence-electron chi connectivity index (χ2n) is 6.60. The number of hydrogen-bond acceptors (Lipinski definition) is 3. The Morgan fingerprint density at radius 3 is 2.43 bits per heavy atom. The van der Waals surface area contributed by atoms with Crippen LogP contribution >= 0.6 is 0 Å². The van der Waals surface area contributed by atoms with Gasteiger partial charge in [0.2, 0.25) is 0 Å². The van der Waals surface area contributed by atoms with E-state index in [-0.39, 0.29) is 17.7 Å². The Morgan fingerprint density at radius 2 is 1.83 bits per heavy atom. The Kier molecular flexibility index (Phi) is 4.20. The van der Waals surface area contributed by atoms with Gasteiger partial charge in [0, 0.05) is 37.5 Å². The van der Waals surface area contributed by atoms with E-state index in [1.165, 1.54) is 0 Å². The number of benzene rings is 1. The van der Waals surface area contributed by atoms with Gasteiger partial charge in [-0.2, -0.15) is 0 Å². The van der Waals surface area contributed by atoms with Crippen molar-refractivity contribution in [2.24, 2.45) is 9.98 Å². The Bertz CT molecular complexity index is 640. The second-order valence-corrected chi connectivity index (χ2v) is 6.60. The lowest BCUT2D eigenvalue weighted by Crippen LogP contribution is -2.49. The number of aliphatic imine (C=N–C) groups is 2. The molecule has 0 atom stereocenters. The number of amides is 2. The molecule has 0 radical (unpaired) electrons. The van der Waals surface area contributed by atoms with Crippen LogP contribution < -0.4 is 5.32 Å². The highest BCUT2D eigenvalue weighted by Gasteiger charge is 2.39. The van der Waals surface area contributed by atoms with Crippen LogP contribution in [0.1, 0.15) is 39.2 Å². The quantitative estimate of drug-likeness (QED) is 0.897. The molecule has 23 heavy (non-hydrogen) atoms. The standard InChI is InChI=1S/C18H24N4O/c1-13(2)19-17(23)22-11-9-18(10-12-22)20-14(3)16(21-18)15-7-5-4-6-8-15/h4-8,13H,9-12H2,1-3H3,(H,19,23). The van der Waals surface area contributed by atoms with Crippen LogP contribution in [-0.2, 0) is 0 Å². The average Bonchev–Trinajstić information content (AvgIpc) is 2.84. The summed E-state index contributed by atoms with van der Waals surface area (Å²) in [6, 6.07) is 10.4. The van der Waals surface area contributed by atoms with Gasteiger partial charge >= 0.3 is 6.03 Å². The van der Waals surface area contributed by atoms with Gasteiger partial charge in [-0.1, -0.05) is 30.3 Å². The van der Waals surface area contributed by atoms with Gasteiger partial charge in [0.05, 0.1) is 11.4 Å². The van der Waals surface area contributed by atoms with E-state index in [1.807, 2.05) is 43.9 Å². The Hall–Kier alpha value is -2.17. The number of nitrogens with zero attached hydrogens (tertiary/aromatic N) is 3. The van der Waals surface area contributed by atoms with Gasteiger partial charge in [-0.25, -0.2) is 4.79 Å². The molecular formula is C18H24N4O. The van der Waals surface area contributed by atoms with Crippen LogP contribution in [0.2, 0.25) is 0 Å². The maximum Gasteiger partial charge on any atom is 0.317 e. The fourth-order valence-electron chi connectivity index (χ4n) is 3.18. The monoisotopic (exact) mass is 312 g/mol. The first-order valence-corrected chi connectivity index (χ1v) is 8.27. The first-order chi connectivity index (χ1) is 11.0. The predicted octanol–water partition coefficient (Wildman–Crippen LogP) is 2.86. The van der Waals surface area contributed by atoms with Gasteiger partial charge in [-0.3, -0.25) is 9.98 Å². The Morgan fingerprint density at radius 1 is 1.17 bits per heavy atom. The maximum atomic E-state index is 12.1. The summed E-state index contributed by atoms with van der Waals surface area (Å²) in [4.78, 5) is 23.8. The molecule has 3 rings (SSSR count). The van der Waals surface area contributed by atoms with Crippen molar-refractivity contribution in [2.45, 2.75) is 45.3 Å². The first kappa shape index (κ1) is 15.7. The maximum absolute atomic E-state index is 12.1. The zero-order valence-electron chi connectivity index (χ0n) is 14.0. The largest absolute Gasteiger partial charge is 0.336 e. The van der Waals surface area contributed by atoms with Crippen LogP contribution in [0.4, 0.5) is 4.79 Å². The summed E-state index contributed by atoms with van der Waals surface area (Å²) in [5, 5.41) is 2.95. The minimum absolute atomic E-state index is 0.0146. The molecule has 1 fully saturated rings. The number of piperidine rings is 1. The molecule has 1 aromatic carbocycles. The van der Waals surface area contributed by atoms with E-state index in [1.54, 1.807) is 0 Å². The molecule has 1 spiro atoms. The number of rotatable bonds is 2. The number of likely N-dealkylation sites (tertiary alicyclic amines) is 1. The van der Waals surface area contributed by atoms with Crippen molar-refractivity contribution in [2.75, 3.05) is 13.1 Å². The third kappa shape index (κ3) is 3.28. The summed E-state index contributed by atoms with van der Waals surface area (Å²) in [6.07, 6.45) is 1.57. The van der Waals surface area contributed by atoms with Crippen molar-refractivity contribution in [1.82, 2.24) is 10.2 Å². The highest BCUT2D eigenvalue weighted by atomic mass is 16.2. The molecule has 1 saturated heterocycles. The van der Waals surface area contributed by atoms with Gasteiger partial charge in [0.15, 0.2) is 5.66 Å². The smallest absolute Gasteiger partial charge is 0.317 e. The molecular weight excluding hydrogens is 288 g/mol. The van der Waals surface area contributed by atoms with Gasteiger partial charge < -0.3 is 10.2 Å². The molecule has 1 aromatic rings. The second kappa shape index (κ2) is 6.14. The summed E-state index contributed by atoms with van der Waals surface area (Å²) in [5.74, 6) is 0. The number of carbonyl (C=O) groups is 1. The minimum atomic E-state index is -0.371. The fourth-order valence-corrected chi connectivity index (χ4v) is 3.18. The van der Waals surface area contributed by atoms with E-state index < -0.39 is 0 Å². The van der Waals surface area contributed by atoms with E-state index in [2.05, 4.69) is 17.4 Å². The topological polar surface area (TPSA) is 57.1 Å². The lowest BCUT2D eigenvalue weighted by molar-refractivity contribution is 0.161. The minimum Gasteiger partial charge on any atom is -0.336 e. The molecule has 2 aliphatic rings. The van der Waals surface area contributed by atoms with Gasteiger partial charge in [-0.15, -0.1) is 0 Å². The zero-order valence-corrected chi connectivity index (χ0v) is 14.0. The van der Waals surface area contributed by atoms with Crippen LogP contribution in [-0.4, -0.2) is 47.1 Å². The molecule has 122 valence electrons.